The number of aliphatic hydroxyl groups excluding tert-OH is 1. The third kappa shape index (κ3) is 5.41. The van der Waals surface area contributed by atoms with Crippen molar-refractivity contribution in [1.29, 1.82) is 0 Å². The van der Waals surface area contributed by atoms with E-state index in [2.05, 4.69) is 16.6 Å². The van der Waals surface area contributed by atoms with Crippen LogP contribution in [0.2, 0.25) is 0 Å². The van der Waals surface area contributed by atoms with Gasteiger partial charge in [0.2, 0.25) is 10.0 Å². The lowest BCUT2D eigenvalue weighted by molar-refractivity contribution is 0.204. The van der Waals surface area contributed by atoms with E-state index >= 15 is 0 Å². The molecule has 0 aliphatic heterocycles. The second-order valence-electron chi connectivity index (χ2n) is 3.69. The standard InChI is InChI=1S/C13H17NO4S/c1-18-10-8-14-19(16,17)13-7-4-6-12(11-13)5-2-3-9-15/h4,6-7,11,14-15H,3,8-10H2,1H3. The van der Waals surface area contributed by atoms with E-state index in [1.165, 1.54) is 19.2 Å². The van der Waals surface area contributed by atoms with Crippen LogP contribution >= 0.6 is 0 Å². The summed E-state index contributed by atoms with van der Waals surface area (Å²) in [7, 11) is -2.03. The molecule has 0 saturated carbocycles. The zero-order chi connectivity index (χ0) is 14.1. The number of nitrogens with one attached hydrogen (secondary N) is 1. The van der Waals surface area contributed by atoms with Crippen LogP contribution in [0.15, 0.2) is 29.2 Å². The Morgan fingerprint density at radius 3 is 2.89 bits per heavy atom. The van der Waals surface area contributed by atoms with E-state index in [1.54, 1.807) is 12.1 Å². The van der Waals surface area contributed by atoms with Crippen LogP contribution in [-0.2, 0) is 14.8 Å². The number of ether oxygens (including phenoxy) is 1. The molecule has 0 aliphatic carbocycles. The summed E-state index contributed by atoms with van der Waals surface area (Å²) in [5, 5.41) is 8.63. The Labute approximate surface area is 113 Å². The molecule has 0 heterocycles. The van der Waals surface area contributed by atoms with Gasteiger partial charge in [0, 0.05) is 25.6 Å². The molecule has 0 radical (unpaired) electrons. The molecule has 19 heavy (non-hydrogen) atoms. The number of sulfonamides is 1. The maximum atomic E-state index is 11.9. The Balaban J connectivity index is 2.84. The van der Waals surface area contributed by atoms with Crippen LogP contribution in [-0.4, -0.2) is 40.4 Å². The van der Waals surface area contributed by atoms with Gasteiger partial charge < -0.3 is 9.84 Å². The summed E-state index contributed by atoms with van der Waals surface area (Å²) in [6, 6.07) is 6.36. The Morgan fingerprint density at radius 1 is 1.42 bits per heavy atom. The van der Waals surface area contributed by atoms with Crippen LogP contribution < -0.4 is 4.72 Å². The van der Waals surface area contributed by atoms with Crippen molar-refractivity contribution < 1.29 is 18.3 Å². The first-order valence-electron chi connectivity index (χ1n) is 5.78. The summed E-state index contributed by atoms with van der Waals surface area (Å²) in [5.41, 5.74) is 0.600. The van der Waals surface area contributed by atoms with Crippen molar-refractivity contribution in [3.63, 3.8) is 0 Å². The minimum absolute atomic E-state index is 0.0104. The fraction of sp³-hybridized carbons (Fsp3) is 0.385. The van der Waals surface area contributed by atoms with E-state index < -0.39 is 10.0 Å². The molecule has 5 nitrogen and oxygen atoms in total. The molecule has 0 aliphatic rings. The van der Waals surface area contributed by atoms with Crippen LogP contribution in [0.5, 0.6) is 0 Å². The summed E-state index contributed by atoms with van der Waals surface area (Å²) >= 11 is 0. The van der Waals surface area contributed by atoms with Gasteiger partial charge in [-0.1, -0.05) is 17.9 Å². The summed E-state index contributed by atoms with van der Waals surface area (Å²) in [5.74, 6) is 5.55. The highest BCUT2D eigenvalue weighted by atomic mass is 32.2. The van der Waals surface area contributed by atoms with E-state index in [0.29, 0.717) is 18.6 Å². The topological polar surface area (TPSA) is 75.6 Å². The minimum atomic E-state index is -3.53. The number of hydrogen-bond donors (Lipinski definition) is 2. The van der Waals surface area contributed by atoms with Crippen molar-refractivity contribution in [2.75, 3.05) is 26.9 Å². The molecule has 0 spiro atoms. The van der Waals surface area contributed by atoms with E-state index in [4.69, 9.17) is 9.84 Å². The highest BCUT2D eigenvalue weighted by Gasteiger charge is 2.12. The molecule has 0 amide bonds. The van der Waals surface area contributed by atoms with Crippen molar-refractivity contribution in [2.45, 2.75) is 11.3 Å². The average molecular weight is 283 g/mol. The first-order valence-corrected chi connectivity index (χ1v) is 7.27. The number of hydrogen-bond acceptors (Lipinski definition) is 4. The largest absolute Gasteiger partial charge is 0.395 e. The predicted octanol–water partition coefficient (Wildman–Crippen LogP) is 0.345. The Morgan fingerprint density at radius 2 is 2.21 bits per heavy atom. The molecule has 0 unspecified atom stereocenters. The van der Waals surface area contributed by atoms with Gasteiger partial charge in [-0.25, -0.2) is 13.1 Å². The van der Waals surface area contributed by atoms with E-state index in [1.807, 2.05) is 0 Å². The van der Waals surface area contributed by atoms with Crippen molar-refractivity contribution in [2.24, 2.45) is 0 Å². The van der Waals surface area contributed by atoms with Crippen molar-refractivity contribution in [1.82, 2.24) is 4.72 Å². The van der Waals surface area contributed by atoms with E-state index in [9.17, 15) is 8.42 Å². The number of methoxy groups -OCH3 is 1. The van der Waals surface area contributed by atoms with Gasteiger partial charge in [-0.3, -0.25) is 0 Å². The lowest BCUT2D eigenvalue weighted by Gasteiger charge is -2.06. The summed E-state index contributed by atoms with van der Waals surface area (Å²) < 4.78 is 31.1. The van der Waals surface area contributed by atoms with Gasteiger partial charge in [-0.2, -0.15) is 0 Å². The highest BCUT2D eigenvalue weighted by Crippen LogP contribution is 2.10. The molecule has 0 atom stereocenters. The monoisotopic (exact) mass is 283 g/mol. The van der Waals surface area contributed by atoms with Gasteiger partial charge in [0.15, 0.2) is 0 Å². The first-order chi connectivity index (χ1) is 9.10. The van der Waals surface area contributed by atoms with Gasteiger partial charge >= 0.3 is 0 Å². The third-order valence-corrected chi connectivity index (χ3v) is 3.67. The molecule has 1 aromatic carbocycles. The molecule has 1 rings (SSSR count). The van der Waals surface area contributed by atoms with Gasteiger partial charge in [-0.05, 0) is 18.2 Å². The number of aliphatic hydroxyl groups is 1. The fourth-order valence-corrected chi connectivity index (χ4v) is 2.38. The zero-order valence-corrected chi connectivity index (χ0v) is 11.5. The Hall–Kier alpha value is -1.39. The molecule has 104 valence electrons. The SMILES string of the molecule is COCCNS(=O)(=O)c1cccc(C#CCCO)c1. The third-order valence-electron chi connectivity index (χ3n) is 2.21. The van der Waals surface area contributed by atoms with E-state index in [0.717, 1.165) is 0 Å². The lowest BCUT2D eigenvalue weighted by atomic mass is 10.2. The van der Waals surface area contributed by atoms with Crippen LogP contribution in [0.25, 0.3) is 0 Å². The Kier molecular flexibility index (Phi) is 6.53. The molecule has 0 aromatic heterocycles. The summed E-state index contributed by atoms with van der Waals surface area (Å²) in [6.07, 6.45) is 0.364. The minimum Gasteiger partial charge on any atom is -0.395 e. The van der Waals surface area contributed by atoms with Gasteiger partial charge in [-0.15, -0.1) is 0 Å². The van der Waals surface area contributed by atoms with Gasteiger partial charge in [0.1, 0.15) is 0 Å². The smallest absolute Gasteiger partial charge is 0.240 e. The molecule has 0 bridgehead atoms. The maximum Gasteiger partial charge on any atom is 0.240 e. The van der Waals surface area contributed by atoms with Crippen molar-refractivity contribution in [3.8, 4) is 11.8 Å². The molecule has 2 N–H and O–H groups in total. The first kappa shape index (κ1) is 15.7. The van der Waals surface area contributed by atoms with Crippen LogP contribution in [0.1, 0.15) is 12.0 Å². The molecule has 0 saturated heterocycles. The van der Waals surface area contributed by atoms with E-state index in [-0.39, 0.29) is 18.0 Å². The highest BCUT2D eigenvalue weighted by molar-refractivity contribution is 7.89. The molecule has 6 heteroatoms. The quantitative estimate of drug-likeness (QED) is 0.583. The number of rotatable bonds is 6. The maximum absolute atomic E-state index is 11.9. The second kappa shape index (κ2) is 7.92. The van der Waals surface area contributed by atoms with Gasteiger partial charge in [0.25, 0.3) is 0 Å². The molecule has 0 fully saturated rings. The second-order valence-corrected chi connectivity index (χ2v) is 5.46. The van der Waals surface area contributed by atoms with Crippen molar-refractivity contribution in [3.05, 3.63) is 29.8 Å². The van der Waals surface area contributed by atoms with Crippen LogP contribution in [0, 0.1) is 11.8 Å². The van der Waals surface area contributed by atoms with Gasteiger partial charge in [0.05, 0.1) is 18.1 Å². The predicted molar refractivity (Wildman–Crippen MR) is 72.1 cm³/mol. The number of benzene rings is 1. The average Bonchev–Trinajstić information content (AvgIpc) is 2.40. The Bertz CT molecular complexity index is 557. The molecular weight excluding hydrogens is 266 g/mol. The normalized spacial score (nSPS) is 10.8. The molecule has 1 aromatic rings. The van der Waals surface area contributed by atoms with Crippen molar-refractivity contribution >= 4 is 10.0 Å². The fourth-order valence-electron chi connectivity index (χ4n) is 1.32. The molecular formula is C13H17NO4S. The summed E-state index contributed by atoms with van der Waals surface area (Å²) in [6.45, 7) is 0.526. The zero-order valence-electron chi connectivity index (χ0n) is 10.7. The lowest BCUT2D eigenvalue weighted by Crippen LogP contribution is -2.27. The summed E-state index contributed by atoms with van der Waals surface area (Å²) in [4.78, 5) is 0.166. The van der Waals surface area contributed by atoms with Crippen LogP contribution in [0.4, 0.5) is 0 Å². The van der Waals surface area contributed by atoms with Crippen LogP contribution in [0.3, 0.4) is 0 Å².